The van der Waals surface area contributed by atoms with Gasteiger partial charge in [-0.15, -0.1) is 0 Å². The van der Waals surface area contributed by atoms with Crippen LogP contribution in [0.1, 0.15) is 49.7 Å². The highest BCUT2D eigenvalue weighted by Gasteiger charge is 2.61. The minimum absolute atomic E-state index is 0.0529. The normalized spacial score (nSPS) is 34.3. The van der Waals surface area contributed by atoms with Crippen LogP contribution in [-0.4, -0.2) is 107 Å². The molecule has 2 amide bonds. The summed E-state index contributed by atoms with van der Waals surface area (Å²) >= 11 is 0. The SMILES string of the molecule is CC(O)C1C(=O)N2C(C(=O)[O-])=C3C(Oc4cccc5c4-c4ccccc4C5CC[N+]45CC[N+](CC(N)=O)(CC4)CC5)CCCC3C12. The third kappa shape index (κ3) is 4.37. The number of benzene rings is 2. The second kappa shape index (κ2) is 10.7. The number of nitrogens with two attached hydrogens (primary N) is 1. The van der Waals surface area contributed by atoms with Gasteiger partial charge in [-0.2, -0.15) is 0 Å². The van der Waals surface area contributed by atoms with E-state index in [1.165, 1.54) is 16.0 Å². The van der Waals surface area contributed by atoms with E-state index in [1.54, 1.807) is 6.92 Å². The molecule has 10 heteroatoms. The Labute approximate surface area is 269 Å². The second-order valence-electron chi connectivity index (χ2n) is 14.7. The number of carbonyl (C=O) groups excluding carboxylic acids is 3. The lowest BCUT2D eigenvalue weighted by Crippen LogP contribution is -2.76. The number of aliphatic hydroxyl groups excluding tert-OH is 1. The fourth-order valence-electron chi connectivity index (χ4n) is 10.1. The molecule has 10 nitrogen and oxygen atoms in total. The number of amides is 2. The molecule has 9 rings (SSSR count). The lowest BCUT2D eigenvalue weighted by molar-refractivity contribution is -1.08. The number of carboxylic acids is 1. The molecule has 1 saturated carbocycles. The number of piperazine rings is 3. The van der Waals surface area contributed by atoms with Crippen molar-refractivity contribution in [3.63, 3.8) is 0 Å². The summed E-state index contributed by atoms with van der Waals surface area (Å²) in [6.45, 7) is 9.37. The third-order valence-corrected chi connectivity index (χ3v) is 12.4. The number of primary amides is 1. The number of β-lactam (4-membered cyclic amide) rings is 1. The Hall–Kier alpha value is -3.73. The summed E-state index contributed by atoms with van der Waals surface area (Å²) in [6.07, 6.45) is 1.92. The summed E-state index contributed by atoms with van der Waals surface area (Å²) in [6, 6.07) is 14.4. The molecule has 3 N–H and O–H groups in total. The lowest BCUT2D eigenvalue weighted by Gasteiger charge is -2.55. The van der Waals surface area contributed by atoms with Gasteiger partial charge in [0, 0.05) is 29.4 Å². The van der Waals surface area contributed by atoms with E-state index in [-0.39, 0.29) is 35.4 Å². The van der Waals surface area contributed by atoms with Crippen molar-refractivity contribution in [1.29, 1.82) is 0 Å². The smallest absolute Gasteiger partial charge is 0.272 e. The van der Waals surface area contributed by atoms with E-state index in [9.17, 15) is 24.6 Å². The Morgan fingerprint density at radius 2 is 1.72 bits per heavy atom. The van der Waals surface area contributed by atoms with Crippen LogP contribution in [0.25, 0.3) is 11.1 Å². The molecule has 242 valence electrons. The predicted octanol–water partition coefficient (Wildman–Crippen LogP) is 1.11. The van der Waals surface area contributed by atoms with Crippen LogP contribution in [0.4, 0.5) is 0 Å². The van der Waals surface area contributed by atoms with Crippen LogP contribution in [0.3, 0.4) is 0 Å². The van der Waals surface area contributed by atoms with E-state index < -0.39 is 24.1 Å². The maximum absolute atomic E-state index is 13.0. The first kappa shape index (κ1) is 29.7. The van der Waals surface area contributed by atoms with Crippen molar-refractivity contribution in [3.8, 4) is 16.9 Å². The molecule has 0 aromatic heterocycles. The number of carbonyl (C=O) groups is 3. The summed E-state index contributed by atoms with van der Waals surface area (Å²) in [5.74, 6) is -1.70. The van der Waals surface area contributed by atoms with Gasteiger partial charge in [0.25, 0.3) is 5.91 Å². The average molecular weight is 628 g/mol. The minimum atomic E-state index is -1.35. The van der Waals surface area contributed by atoms with Crippen LogP contribution in [0.5, 0.6) is 5.75 Å². The maximum Gasteiger partial charge on any atom is 0.272 e. The summed E-state index contributed by atoms with van der Waals surface area (Å²) < 4.78 is 8.78. The van der Waals surface area contributed by atoms with Gasteiger partial charge in [0.05, 0.1) is 36.3 Å². The molecular weight excluding hydrogens is 584 g/mol. The van der Waals surface area contributed by atoms with Gasteiger partial charge in [-0.05, 0) is 48.9 Å². The van der Waals surface area contributed by atoms with E-state index in [1.807, 2.05) is 12.1 Å². The predicted molar refractivity (Wildman–Crippen MR) is 167 cm³/mol. The molecule has 46 heavy (non-hydrogen) atoms. The van der Waals surface area contributed by atoms with E-state index in [0.717, 1.165) is 90.9 Å². The van der Waals surface area contributed by atoms with Crippen LogP contribution >= 0.6 is 0 Å². The molecule has 7 aliphatic rings. The highest BCUT2D eigenvalue weighted by atomic mass is 16.5. The van der Waals surface area contributed by atoms with Gasteiger partial charge in [0.1, 0.15) is 51.1 Å². The summed E-state index contributed by atoms with van der Waals surface area (Å²) in [4.78, 5) is 38.6. The number of carboxylic acid groups (broad SMARTS) is 1. The topological polar surface area (TPSA) is 133 Å². The van der Waals surface area contributed by atoms with Crippen molar-refractivity contribution in [2.75, 3.05) is 52.4 Å². The molecule has 5 heterocycles. The largest absolute Gasteiger partial charge is 0.543 e. The minimum Gasteiger partial charge on any atom is -0.543 e. The Balaban J connectivity index is 1.08. The van der Waals surface area contributed by atoms with Gasteiger partial charge in [0.15, 0.2) is 6.54 Å². The molecule has 2 aromatic carbocycles. The van der Waals surface area contributed by atoms with Crippen molar-refractivity contribution in [2.24, 2.45) is 17.6 Å². The maximum atomic E-state index is 13.0. The first-order chi connectivity index (χ1) is 22.1. The molecule has 0 spiro atoms. The van der Waals surface area contributed by atoms with Gasteiger partial charge in [-0.3, -0.25) is 9.59 Å². The quantitative estimate of drug-likeness (QED) is 0.316. The van der Waals surface area contributed by atoms with Gasteiger partial charge >= 0.3 is 0 Å². The third-order valence-electron chi connectivity index (χ3n) is 12.4. The van der Waals surface area contributed by atoms with Gasteiger partial charge in [0.2, 0.25) is 5.91 Å². The monoisotopic (exact) mass is 627 g/mol. The summed E-state index contributed by atoms with van der Waals surface area (Å²) in [7, 11) is 0. The number of hydrogen-bond acceptors (Lipinski definition) is 6. The standard InChI is InChI=1S/C36H42N4O6/c1-21(41)30-33-26-9-5-11-28(32(26)34(36(44)45)38(33)35(30)43)46-27-10-4-8-25-23(22-6-2-3-7-24(22)31(25)27)12-13-39-14-17-40(18-15-39,19-16-39)20-29(37)42/h2-4,6-8,10,21,23,26,28,30,33,41H,5,9,11-20H2,1H3,(H-2,37,42,44,45)/p+1. The van der Waals surface area contributed by atoms with E-state index in [4.69, 9.17) is 10.5 Å². The van der Waals surface area contributed by atoms with Crippen LogP contribution in [0, 0.1) is 11.8 Å². The van der Waals surface area contributed by atoms with Gasteiger partial charge in [-0.1, -0.05) is 36.4 Å². The first-order valence-corrected chi connectivity index (χ1v) is 17.0. The van der Waals surface area contributed by atoms with Gasteiger partial charge in [-0.25, -0.2) is 0 Å². The fraction of sp³-hybridized carbons (Fsp3) is 0.528. The van der Waals surface area contributed by atoms with Crippen molar-refractivity contribution < 1.29 is 38.3 Å². The van der Waals surface area contributed by atoms with Crippen molar-refractivity contribution in [2.45, 2.75) is 56.8 Å². The van der Waals surface area contributed by atoms with Crippen LogP contribution in [-0.2, 0) is 14.4 Å². The van der Waals surface area contributed by atoms with E-state index >= 15 is 0 Å². The zero-order valence-corrected chi connectivity index (χ0v) is 26.4. The molecule has 0 radical (unpaired) electrons. The van der Waals surface area contributed by atoms with Crippen LogP contribution in [0.15, 0.2) is 53.7 Å². The molecule has 5 fully saturated rings. The van der Waals surface area contributed by atoms with E-state index in [2.05, 4.69) is 30.3 Å². The number of aliphatic carboxylic acids is 1. The van der Waals surface area contributed by atoms with E-state index in [0.29, 0.717) is 18.5 Å². The zero-order valence-electron chi connectivity index (χ0n) is 26.4. The summed E-state index contributed by atoms with van der Waals surface area (Å²) in [5, 5.41) is 22.8. The number of quaternary nitrogens is 2. The highest BCUT2D eigenvalue weighted by Crippen LogP contribution is 2.55. The van der Waals surface area contributed by atoms with Crippen LogP contribution in [0.2, 0.25) is 0 Å². The zero-order chi connectivity index (χ0) is 32.0. The van der Waals surface area contributed by atoms with Crippen molar-refractivity contribution in [3.05, 3.63) is 64.9 Å². The molecule has 2 aromatic rings. The molecule has 6 atom stereocenters. The van der Waals surface area contributed by atoms with Crippen molar-refractivity contribution in [1.82, 2.24) is 4.90 Å². The summed E-state index contributed by atoms with van der Waals surface area (Å²) in [5.41, 5.74) is 11.0. The van der Waals surface area contributed by atoms with Crippen molar-refractivity contribution >= 4 is 17.8 Å². The lowest BCUT2D eigenvalue weighted by atomic mass is 9.71. The number of rotatable bonds is 9. The molecular formula is C36H43N4O6+. The Bertz CT molecular complexity index is 1640. The number of nitrogens with zero attached hydrogens (tertiary/aromatic N) is 3. The Morgan fingerprint density at radius 1 is 1.02 bits per heavy atom. The average Bonchev–Trinajstić information content (AvgIpc) is 3.52. The van der Waals surface area contributed by atoms with Crippen LogP contribution < -0.4 is 15.6 Å². The Kier molecular flexibility index (Phi) is 6.87. The fourth-order valence-corrected chi connectivity index (χ4v) is 10.1. The molecule has 2 bridgehead atoms. The number of ether oxygens (including phenoxy) is 1. The molecule has 5 aliphatic heterocycles. The first-order valence-electron chi connectivity index (χ1n) is 17.0. The molecule has 6 unspecified atom stereocenters. The second-order valence-corrected chi connectivity index (χ2v) is 14.7. The van der Waals surface area contributed by atoms with Gasteiger partial charge < -0.3 is 39.3 Å². The number of hydrogen-bond donors (Lipinski definition) is 2. The Morgan fingerprint density at radius 3 is 2.41 bits per heavy atom. The number of fused-ring (bicyclic) bond motifs is 9. The molecule has 2 aliphatic carbocycles. The number of aliphatic hydroxyl groups is 1. The molecule has 4 saturated heterocycles. The highest BCUT2D eigenvalue weighted by molar-refractivity contribution is 5.99.